The fourth-order valence-corrected chi connectivity index (χ4v) is 0. The third-order valence-electron chi connectivity index (χ3n) is 0. The second kappa shape index (κ2) is 11100000. The van der Waals surface area contributed by atoms with Crippen molar-refractivity contribution >= 4 is 9.90 Å². The van der Waals surface area contributed by atoms with Crippen LogP contribution in [0.2, 0.25) is 0 Å². The number of hydrogen-bond acceptors (Lipinski definition) is 2. The number of hydrogen-bond donors (Lipinski definition) is 2. The molecule has 0 bridgehead atoms. The summed E-state index contributed by atoms with van der Waals surface area (Å²) in [5, 5.41) is 6.50. The van der Waals surface area contributed by atoms with E-state index in [1.165, 1.54) is 0 Å². The van der Waals surface area contributed by atoms with Gasteiger partial charge in [-0.1, -0.05) is 245 Å². The molecule has 0 aromatic carbocycles. The van der Waals surface area contributed by atoms with E-state index in [1.54, 1.807) is 0 Å². The molecule has 1 unspecified atom stereocenters. The van der Waals surface area contributed by atoms with Crippen molar-refractivity contribution in [1.82, 2.24) is 0 Å². The maximum absolute atomic E-state index is 6.50. The first-order valence-corrected chi connectivity index (χ1v) is 0.258. The average Bonchev–Trinajstić information content (AvgIpc) is 1.00. The normalized spacial score (nSPS) is 0.158. The zero-order valence-electron chi connectivity index (χ0n) is 2.45. The van der Waals surface area contributed by atoms with Crippen LogP contribution in [0.1, 0.15) is 245 Å². The van der Waals surface area contributed by atoms with Gasteiger partial charge in [0.2, 0.25) is 0 Å². The van der Waals surface area contributed by atoms with E-state index in [1.807, 2.05) is 0 Å². The van der Waals surface area contributed by atoms with Gasteiger partial charge in [0.25, 0.3) is 0 Å². The Labute approximate surface area is 283 Å². The van der Waals surface area contributed by atoms with E-state index < -0.39 is 0 Å². The largest absolute Gasteiger partial charge is 0.320 e. The number of rotatable bonds is 0. The van der Waals surface area contributed by atoms with Gasteiger partial charge in [0, 0.05) is 18.6 Å². The Morgan fingerprint density at radius 2 is 0.184 bits per heavy atom. The summed E-state index contributed by atoms with van der Waals surface area (Å²) in [4.78, 5) is 0. The van der Waals surface area contributed by atoms with Crippen molar-refractivity contribution < 1.29 is 23.8 Å². The van der Waals surface area contributed by atoms with Crippen molar-refractivity contribution in [3.05, 3.63) is 0 Å². The molecule has 0 fully saturated rings. The zero-order chi connectivity index (χ0) is 2.00. The maximum atomic E-state index is 6.50. The summed E-state index contributed by atoms with van der Waals surface area (Å²) in [5.41, 5.74) is 0. The molecule has 0 aliphatic rings. The molecule has 0 aromatic heterocycles. The molecule has 38 heavy (non-hydrogen) atoms. The first-order chi connectivity index (χ1) is 1.00. The zero-order valence-corrected chi connectivity index (χ0v) is 7.48. The van der Waals surface area contributed by atoms with E-state index in [4.69, 9.17) is 5.21 Å². The van der Waals surface area contributed by atoms with Crippen LogP contribution in [-0.4, -0.2) is 5.21 Å². The molecule has 5 heteroatoms. The van der Waals surface area contributed by atoms with Gasteiger partial charge in [-0.2, -0.15) is 9.90 Å². The molecular weight excluding hydrogens is 767 g/mol. The summed E-state index contributed by atoms with van der Waals surface area (Å²) in [7, 11) is 0. The van der Waals surface area contributed by atoms with Gasteiger partial charge in [0.05, 0.1) is 0 Å². The first-order valence-electron chi connectivity index (χ1n) is 0.258. The fourth-order valence-electron chi connectivity index (χ4n) is 0. The molecule has 0 saturated carbocycles. The van der Waals surface area contributed by atoms with Crippen LogP contribution in [0.4, 0.5) is 0 Å². The molecule has 0 aromatic rings. The van der Waals surface area contributed by atoms with E-state index in [2.05, 4.69) is 5.90 Å². The van der Waals surface area contributed by atoms with E-state index in [-0.39, 0.29) is 274 Å². The van der Waals surface area contributed by atoms with Crippen LogP contribution in [0, 0.1) is 0 Å². The van der Waals surface area contributed by atoms with Crippen molar-refractivity contribution in [3.63, 3.8) is 0 Å². The Morgan fingerprint density at radius 1 is 0.184 bits per heavy atom. The minimum Gasteiger partial charge on any atom is -0.320 e. The third kappa shape index (κ3) is 10200000. The van der Waals surface area contributed by atoms with Gasteiger partial charge in [-0.05, 0) is 0 Å². The van der Waals surface area contributed by atoms with Gasteiger partial charge >= 0.3 is 0 Å². The number of nitrogens with two attached hydrogens (primary N) is 1. The summed E-state index contributed by atoms with van der Waals surface area (Å²) >= 11 is 0. The average molecular weight is 906 g/mol. The Kier molecular flexibility index (Phi) is 17300000000. The van der Waals surface area contributed by atoms with Gasteiger partial charge < -0.3 is 5.21 Å². The molecule has 0 saturated heterocycles. The third-order valence-corrected chi connectivity index (χ3v) is 0. The van der Waals surface area contributed by atoms with Crippen molar-refractivity contribution in [2.45, 2.75) is 245 Å². The smallest absolute Gasteiger partial charge is 0 e. The molecule has 305 valence electrons. The summed E-state index contributed by atoms with van der Waals surface area (Å²) in [6.45, 7) is 0. The van der Waals surface area contributed by atoms with E-state index in [9.17, 15) is 0 Å². The van der Waals surface area contributed by atoms with E-state index >= 15 is 0 Å². The molecule has 0 amide bonds. The van der Waals surface area contributed by atoms with Crippen molar-refractivity contribution in [2.75, 3.05) is 0 Å². The van der Waals surface area contributed by atoms with Crippen LogP contribution >= 0.6 is 9.90 Å². The van der Waals surface area contributed by atoms with Gasteiger partial charge in [-0.25, -0.2) is 5.90 Å². The molecule has 2 nitrogen and oxygen atoms in total. The Morgan fingerprint density at radius 3 is 0.184 bits per heavy atom. The Hall–Kier alpha value is -0.0656. The molecule has 0 spiro atoms. The van der Waals surface area contributed by atoms with Crippen LogP contribution in [0.3, 0.4) is 0 Å². The molecule has 0 heterocycles. The monoisotopic (exact) mass is 906 g/mol. The summed E-state index contributed by atoms with van der Waals surface area (Å²) in [6.07, 6.45) is 0. The maximum Gasteiger partial charge on any atom is 0 e. The molecule has 0 aliphatic heterocycles. The van der Waals surface area contributed by atoms with Crippen molar-refractivity contribution in [2.24, 2.45) is 5.90 Å². The van der Waals surface area contributed by atoms with Crippen molar-refractivity contribution in [3.8, 4) is 0 Å². The van der Waals surface area contributed by atoms with E-state index in [0.29, 0.717) is 0 Å². The van der Waals surface area contributed by atoms with Gasteiger partial charge in [0.15, 0.2) is 0 Å². The predicted molar refractivity (Wildman–Crippen MR) is 239 cm³/mol. The standard InChI is InChI=1S/33CH4.H3NO.No.H3P.V/c;;;;;;;;;;;;;;;;;;;;;;;;;;;;;;;;;1-2;;;/h33*1H4;2H,1H2;;1H3;. The minimum atomic E-state index is 0. The summed E-state index contributed by atoms with van der Waals surface area (Å²) in [5.74, 6) is 3.50. The molecule has 0 aliphatic carbocycles. The molecular formula is C33H138NNoOPV. The Balaban J connectivity index is -0.00000000000794. The van der Waals surface area contributed by atoms with E-state index in [0.717, 1.165) is 0 Å². The topological polar surface area (TPSA) is 46.2 Å². The summed E-state index contributed by atoms with van der Waals surface area (Å²) in [6, 6.07) is 0. The van der Waals surface area contributed by atoms with Crippen molar-refractivity contribution in [1.29, 1.82) is 0 Å². The van der Waals surface area contributed by atoms with Crippen LogP contribution in [0.15, 0.2) is 0 Å². The van der Waals surface area contributed by atoms with Crippen LogP contribution in [0.25, 0.3) is 0 Å². The second-order valence-electron chi connectivity index (χ2n) is 0. The van der Waals surface area contributed by atoms with Gasteiger partial charge in [-0.3, -0.25) is 0 Å². The molecule has 0 rings (SSSR count). The van der Waals surface area contributed by atoms with Crippen LogP contribution in [0.5, 0.6) is 0 Å². The summed E-state index contributed by atoms with van der Waals surface area (Å²) < 4.78 is 0. The quantitative estimate of drug-likeness (QED) is 0.188. The van der Waals surface area contributed by atoms with Crippen LogP contribution in [-0.2, 0) is 18.6 Å². The second-order valence-corrected chi connectivity index (χ2v) is 0. The molecule has 1 radical (unpaired) electrons. The first kappa shape index (κ1) is 59300. The fraction of sp³-hybridized carbons (Fsp3) is 1.00. The predicted octanol–water partition coefficient (Wildman–Crippen LogP) is 20.4. The van der Waals surface area contributed by atoms with Gasteiger partial charge in [0.1, 0.15) is 0 Å². The minimum absolute atomic E-state index is 0. The Bertz CT molecular complexity index is 33.0. The SMILES string of the molecule is C.C.C.C.C.C.C.C.C.C.C.C.C.C.C.C.C.C.C.C.C.C.C.C.C.C.C.C.C.C.C.C.C.NO.P.[No].[V]. The molecule has 1 atom stereocenters. The van der Waals surface area contributed by atoms with Crippen LogP contribution < -0.4 is 5.90 Å². The van der Waals surface area contributed by atoms with Gasteiger partial charge in [-0.15, -0.1) is 0 Å². The molecule has 3 N–H and O–H groups in total.